The first-order valence-corrected chi connectivity index (χ1v) is 5.55. The second-order valence-electron chi connectivity index (χ2n) is 4.27. The van der Waals surface area contributed by atoms with Crippen LogP contribution in [-0.2, 0) is 10.3 Å². The van der Waals surface area contributed by atoms with Crippen LogP contribution >= 0.6 is 0 Å². The molecular weight excluding hydrogens is 216 g/mol. The van der Waals surface area contributed by atoms with Gasteiger partial charge in [0, 0.05) is 11.9 Å². The van der Waals surface area contributed by atoms with Crippen LogP contribution in [0, 0.1) is 5.92 Å². The Morgan fingerprint density at radius 3 is 2.59 bits per heavy atom. The van der Waals surface area contributed by atoms with Crippen molar-refractivity contribution < 1.29 is 14.5 Å². The van der Waals surface area contributed by atoms with Gasteiger partial charge in [-0.1, -0.05) is 25.2 Å². The molecule has 0 aliphatic heterocycles. The fraction of sp³-hybridized carbons (Fsp3) is 0.385. The fourth-order valence-corrected chi connectivity index (χ4v) is 1.74. The molecule has 1 N–H and O–H groups in total. The molecule has 2 atom stereocenters. The third-order valence-corrected chi connectivity index (χ3v) is 2.97. The van der Waals surface area contributed by atoms with Crippen molar-refractivity contribution in [3.05, 3.63) is 43.0 Å². The summed E-state index contributed by atoms with van der Waals surface area (Å²) >= 11 is 0. The molecule has 4 heteroatoms. The van der Waals surface area contributed by atoms with E-state index in [4.69, 9.17) is 9.90 Å². The van der Waals surface area contributed by atoms with Crippen molar-refractivity contribution in [2.24, 2.45) is 5.92 Å². The van der Waals surface area contributed by atoms with Gasteiger partial charge in [-0.25, -0.2) is 4.57 Å². The summed E-state index contributed by atoms with van der Waals surface area (Å²) < 4.78 is 2.21. The Balaban J connectivity index is 0.000000317. The molecule has 1 heterocycles. The van der Waals surface area contributed by atoms with E-state index >= 15 is 0 Å². The minimum atomic E-state index is -1.08. The molecule has 1 aliphatic rings. The molecule has 0 radical (unpaired) electrons. The highest BCUT2D eigenvalue weighted by Crippen LogP contribution is 2.25. The summed E-state index contributed by atoms with van der Waals surface area (Å²) in [7, 11) is 0. The first-order valence-electron chi connectivity index (χ1n) is 5.55. The van der Waals surface area contributed by atoms with Gasteiger partial charge in [0.25, 0.3) is 0 Å². The summed E-state index contributed by atoms with van der Waals surface area (Å²) in [5, 5.41) is 8.89. The lowest BCUT2D eigenvalue weighted by atomic mass is 9.83. The van der Waals surface area contributed by atoms with Crippen molar-refractivity contribution >= 4 is 5.97 Å². The van der Waals surface area contributed by atoms with Crippen LogP contribution in [0.2, 0.25) is 0 Å². The zero-order valence-electron chi connectivity index (χ0n) is 10.4. The number of imidazole rings is 1. The van der Waals surface area contributed by atoms with E-state index in [1.54, 1.807) is 0 Å². The van der Waals surface area contributed by atoms with E-state index in [0.717, 1.165) is 6.92 Å². The van der Waals surface area contributed by atoms with Gasteiger partial charge in [-0.3, -0.25) is 4.98 Å². The van der Waals surface area contributed by atoms with Crippen molar-refractivity contribution in [3.8, 4) is 0 Å². The van der Waals surface area contributed by atoms with E-state index in [0.29, 0.717) is 5.92 Å². The summed E-state index contributed by atoms with van der Waals surface area (Å²) in [5.74, 6) is -0.557. The molecule has 0 saturated heterocycles. The predicted molar refractivity (Wildman–Crippen MR) is 62.8 cm³/mol. The summed E-state index contributed by atoms with van der Waals surface area (Å²) in [6, 6.07) is 0. The smallest absolute Gasteiger partial charge is 0.242 e. The van der Waals surface area contributed by atoms with Gasteiger partial charge in [0.1, 0.15) is 17.9 Å². The summed E-state index contributed by atoms with van der Waals surface area (Å²) in [4.78, 5) is 12.0. The average Bonchev–Trinajstić information content (AvgIpc) is 2.75. The monoisotopic (exact) mass is 234 g/mol. The number of carbonyl (C=O) groups is 1. The van der Waals surface area contributed by atoms with Crippen LogP contribution in [0.15, 0.2) is 43.0 Å². The number of aromatic nitrogens is 2. The summed E-state index contributed by atoms with van der Waals surface area (Å²) in [6.07, 6.45) is 14.7. The van der Waals surface area contributed by atoms with Crippen molar-refractivity contribution in [2.75, 3.05) is 0 Å². The van der Waals surface area contributed by atoms with Crippen LogP contribution in [0.4, 0.5) is 0 Å². The van der Waals surface area contributed by atoms with E-state index in [9.17, 15) is 0 Å². The fourth-order valence-electron chi connectivity index (χ4n) is 1.74. The Morgan fingerprint density at radius 2 is 2.12 bits per heavy atom. The maximum absolute atomic E-state index is 8.89. The van der Waals surface area contributed by atoms with E-state index < -0.39 is 5.97 Å². The predicted octanol–water partition coefficient (Wildman–Crippen LogP) is 0.536. The molecule has 0 fully saturated rings. The van der Waals surface area contributed by atoms with Crippen molar-refractivity contribution in [2.45, 2.75) is 26.3 Å². The minimum absolute atomic E-state index is 0.0781. The lowest BCUT2D eigenvalue weighted by Gasteiger charge is -2.29. The lowest BCUT2D eigenvalue weighted by Crippen LogP contribution is -2.55. The number of aromatic amines is 1. The molecule has 1 aromatic heterocycles. The van der Waals surface area contributed by atoms with E-state index in [1.807, 2.05) is 12.5 Å². The second kappa shape index (κ2) is 5.48. The quantitative estimate of drug-likeness (QED) is 0.721. The first kappa shape index (κ1) is 13.2. The van der Waals surface area contributed by atoms with Gasteiger partial charge >= 0.3 is 0 Å². The molecular formula is C13H18N2O2. The molecule has 0 aromatic carbocycles. The Bertz CT molecular complexity index is 417. The molecule has 92 valence electrons. The highest BCUT2D eigenvalue weighted by molar-refractivity contribution is 5.60. The molecule has 2 unspecified atom stereocenters. The van der Waals surface area contributed by atoms with Crippen molar-refractivity contribution in [1.29, 1.82) is 0 Å². The van der Waals surface area contributed by atoms with Gasteiger partial charge < -0.3 is 9.90 Å². The molecule has 0 saturated carbocycles. The Labute approximate surface area is 101 Å². The van der Waals surface area contributed by atoms with E-state index in [2.05, 4.69) is 53.9 Å². The molecule has 0 amide bonds. The number of H-pyrrole nitrogens is 1. The number of carboxylic acid groups (broad SMARTS) is 1. The summed E-state index contributed by atoms with van der Waals surface area (Å²) in [6.45, 7) is 5.45. The number of hydrogen-bond acceptors (Lipinski definition) is 2. The molecule has 1 aromatic rings. The number of rotatable bonds is 1. The van der Waals surface area contributed by atoms with Crippen LogP contribution in [-0.4, -0.2) is 11.0 Å². The molecule has 4 nitrogen and oxygen atoms in total. The molecule has 1 aliphatic carbocycles. The van der Waals surface area contributed by atoms with Crippen LogP contribution in [0.1, 0.15) is 20.8 Å². The average molecular weight is 234 g/mol. The highest BCUT2D eigenvalue weighted by atomic mass is 16.4. The Kier molecular flexibility index (Phi) is 4.26. The van der Waals surface area contributed by atoms with Gasteiger partial charge in [0.15, 0.2) is 0 Å². The third kappa shape index (κ3) is 3.31. The summed E-state index contributed by atoms with van der Waals surface area (Å²) in [5.41, 5.74) is 0.0781. The molecule has 0 bridgehead atoms. The lowest BCUT2D eigenvalue weighted by molar-refractivity contribution is -0.753. The Morgan fingerprint density at radius 1 is 1.47 bits per heavy atom. The van der Waals surface area contributed by atoms with Crippen LogP contribution in [0.25, 0.3) is 0 Å². The number of allylic oxidation sites excluding steroid dienone is 4. The van der Waals surface area contributed by atoms with Crippen LogP contribution < -0.4 is 9.67 Å². The number of nitrogens with one attached hydrogen (secondary N) is 1. The SMILES string of the molecule is CC(=O)[O-].CC1C=CC=CC1(C)[n+]1cc[nH]c1. The van der Waals surface area contributed by atoms with Crippen molar-refractivity contribution in [1.82, 2.24) is 4.98 Å². The number of hydrogen-bond donors (Lipinski definition) is 1. The van der Waals surface area contributed by atoms with Gasteiger partial charge in [0.05, 0.1) is 0 Å². The van der Waals surface area contributed by atoms with Gasteiger partial charge in [-0.05, 0) is 19.9 Å². The Hall–Kier alpha value is -1.84. The van der Waals surface area contributed by atoms with Crippen LogP contribution in [0.5, 0.6) is 0 Å². The molecule has 2 rings (SSSR count). The molecule has 0 spiro atoms. The van der Waals surface area contributed by atoms with E-state index in [-0.39, 0.29) is 5.54 Å². The standard InChI is InChI=1S/C11H14N2.C2H4O2/c1-10-5-3-4-6-11(10,2)13-8-7-12-9-13;1-2(3)4/h3-10H,1-2H3;1H3,(H,3,4). The number of nitrogens with zero attached hydrogens (tertiary/aromatic N) is 1. The topological polar surface area (TPSA) is 59.8 Å². The zero-order valence-corrected chi connectivity index (χ0v) is 10.4. The highest BCUT2D eigenvalue weighted by Gasteiger charge is 2.34. The molecule has 17 heavy (non-hydrogen) atoms. The normalized spacial score (nSPS) is 26.2. The van der Waals surface area contributed by atoms with Crippen LogP contribution in [0.3, 0.4) is 0 Å². The number of carbonyl (C=O) groups excluding carboxylic acids is 1. The number of aliphatic carboxylic acids is 1. The van der Waals surface area contributed by atoms with Gasteiger partial charge in [-0.15, -0.1) is 0 Å². The van der Waals surface area contributed by atoms with E-state index in [1.165, 1.54) is 0 Å². The van der Waals surface area contributed by atoms with Gasteiger partial charge in [-0.2, -0.15) is 0 Å². The largest absolute Gasteiger partial charge is 0.550 e. The number of carboxylic acids is 1. The minimum Gasteiger partial charge on any atom is -0.550 e. The van der Waals surface area contributed by atoms with Crippen molar-refractivity contribution in [3.63, 3.8) is 0 Å². The maximum atomic E-state index is 8.89. The second-order valence-corrected chi connectivity index (χ2v) is 4.27. The third-order valence-electron chi connectivity index (χ3n) is 2.97. The zero-order chi connectivity index (χ0) is 12.9. The first-order chi connectivity index (χ1) is 7.97. The maximum Gasteiger partial charge on any atom is 0.242 e. The van der Waals surface area contributed by atoms with Gasteiger partial charge in [0.2, 0.25) is 6.33 Å².